The SMILES string of the molecule is Nc1nc2c(ncn2[C@@H]2O/C(=C(\F)Cl)[C@@H](O)[C@H]2O)c(=O)[nH]1. The average molecular weight is 318 g/mol. The first kappa shape index (κ1) is 13.8. The van der Waals surface area contributed by atoms with Crippen molar-refractivity contribution < 1.29 is 19.3 Å². The van der Waals surface area contributed by atoms with E-state index in [0.29, 0.717) is 0 Å². The molecule has 0 bridgehead atoms. The molecule has 3 heterocycles. The van der Waals surface area contributed by atoms with Crippen LogP contribution in [0.25, 0.3) is 11.2 Å². The number of nitrogens with two attached hydrogens (primary N) is 1. The van der Waals surface area contributed by atoms with E-state index >= 15 is 0 Å². The number of ether oxygens (including phenoxy) is 1. The van der Waals surface area contributed by atoms with Gasteiger partial charge in [0.15, 0.2) is 16.9 Å². The lowest BCUT2D eigenvalue weighted by Gasteiger charge is -2.15. The van der Waals surface area contributed by atoms with E-state index in [-0.39, 0.29) is 17.1 Å². The third-order valence-corrected chi connectivity index (χ3v) is 3.23. The Labute approximate surface area is 120 Å². The van der Waals surface area contributed by atoms with Crippen LogP contribution in [0.5, 0.6) is 0 Å². The molecule has 21 heavy (non-hydrogen) atoms. The van der Waals surface area contributed by atoms with Crippen molar-refractivity contribution in [3.8, 4) is 0 Å². The molecule has 1 aliphatic heterocycles. The highest BCUT2D eigenvalue weighted by atomic mass is 35.5. The summed E-state index contributed by atoms with van der Waals surface area (Å²) in [6, 6.07) is 0. The molecule has 9 nitrogen and oxygen atoms in total. The molecule has 2 aromatic rings. The van der Waals surface area contributed by atoms with Crippen molar-refractivity contribution in [3.05, 3.63) is 27.7 Å². The zero-order valence-electron chi connectivity index (χ0n) is 10.2. The molecule has 0 spiro atoms. The Morgan fingerprint density at radius 2 is 2.29 bits per heavy atom. The number of rotatable bonds is 1. The Kier molecular flexibility index (Phi) is 3.08. The van der Waals surface area contributed by atoms with Crippen molar-refractivity contribution in [2.45, 2.75) is 18.4 Å². The fourth-order valence-electron chi connectivity index (χ4n) is 2.09. The number of aromatic amines is 1. The van der Waals surface area contributed by atoms with E-state index < -0.39 is 35.0 Å². The Morgan fingerprint density at radius 1 is 1.57 bits per heavy atom. The number of anilines is 1. The molecule has 3 atom stereocenters. The van der Waals surface area contributed by atoms with Gasteiger partial charge in [0.2, 0.25) is 17.5 Å². The maximum atomic E-state index is 13.0. The van der Waals surface area contributed by atoms with Crippen molar-refractivity contribution >= 4 is 28.7 Å². The fraction of sp³-hybridized carbons (Fsp3) is 0.300. The van der Waals surface area contributed by atoms with Crippen LogP contribution in [-0.4, -0.2) is 41.9 Å². The average Bonchev–Trinajstić information content (AvgIpc) is 2.93. The van der Waals surface area contributed by atoms with Crippen molar-refractivity contribution in [2.24, 2.45) is 0 Å². The molecular weight excluding hydrogens is 309 g/mol. The highest BCUT2D eigenvalue weighted by Gasteiger charge is 2.43. The lowest BCUT2D eigenvalue weighted by atomic mass is 10.2. The molecule has 11 heteroatoms. The van der Waals surface area contributed by atoms with Crippen LogP contribution < -0.4 is 11.3 Å². The minimum absolute atomic E-state index is 0.0173. The van der Waals surface area contributed by atoms with Gasteiger partial charge in [0.05, 0.1) is 0 Å². The summed E-state index contributed by atoms with van der Waals surface area (Å²) in [4.78, 5) is 21.6. The number of nitrogens with zero attached hydrogens (tertiary/aromatic N) is 3. The summed E-state index contributed by atoms with van der Waals surface area (Å²) in [6.45, 7) is 0. The van der Waals surface area contributed by atoms with Crippen LogP contribution in [0, 0.1) is 0 Å². The summed E-state index contributed by atoms with van der Waals surface area (Å²) in [5.41, 5.74) is 4.83. The molecule has 0 unspecified atom stereocenters. The highest BCUT2D eigenvalue weighted by Crippen LogP contribution is 2.36. The van der Waals surface area contributed by atoms with E-state index in [9.17, 15) is 19.4 Å². The standard InChI is InChI=1S/C10H9ClFN5O4/c11-6(12)5-3(18)4(19)9(21-5)17-1-14-2-7(17)15-10(13)16-8(2)20/h1,3-4,9,18-19H,(H3,13,15,16,20)/b6-5-/t3-,4+,9+/m0/s1. The number of aliphatic hydroxyl groups excluding tert-OH is 2. The van der Waals surface area contributed by atoms with Gasteiger partial charge in [-0.15, -0.1) is 0 Å². The van der Waals surface area contributed by atoms with E-state index in [1.54, 1.807) is 0 Å². The van der Waals surface area contributed by atoms with E-state index in [4.69, 9.17) is 22.1 Å². The third-order valence-electron chi connectivity index (χ3n) is 3.04. The minimum atomic E-state index is -1.65. The number of nitrogens with one attached hydrogen (secondary N) is 1. The summed E-state index contributed by atoms with van der Waals surface area (Å²) in [7, 11) is 0. The van der Waals surface area contributed by atoms with Crippen molar-refractivity contribution in [2.75, 3.05) is 5.73 Å². The molecule has 0 amide bonds. The van der Waals surface area contributed by atoms with Gasteiger partial charge in [-0.2, -0.15) is 9.37 Å². The first-order chi connectivity index (χ1) is 9.90. The van der Waals surface area contributed by atoms with Gasteiger partial charge in [0.25, 0.3) is 5.56 Å². The minimum Gasteiger partial charge on any atom is -0.465 e. The van der Waals surface area contributed by atoms with E-state index in [2.05, 4.69) is 15.0 Å². The molecule has 112 valence electrons. The van der Waals surface area contributed by atoms with Gasteiger partial charge in [-0.1, -0.05) is 0 Å². The number of fused-ring (bicyclic) bond motifs is 1. The molecular formula is C10H9ClFN5O4. The van der Waals surface area contributed by atoms with E-state index in [0.717, 1.165) is 10.9 Å². The third kappa shape index (κ3) is 2.04. The predicted octanol–water partition coefficient (Wildman–Crippen LogP) is -0.670. The van der Waals surface area contributed by atoms with Crippen LogP contribution in [0.2, 0.25) is 0 Å². The van der Waals surface area contributed by atoms with E-state index in [1.165, 1.54) is 0 Å². The molecule has 0 aromatic carbocycles. The molecule has 1 aliphatic rings. The molecule has 3 rings (SSSR count). The zero-order valence-corrected chi connectivity index (χ0v) is 11.0. The van der Waals surface area contributed by atoms with Gasteiger partial charge in [-0.05, 0) is 11.6 Å². The maximum Gasteiger partial charge on any atom is 0.280 e. The topological polar surface area (TPSA) is 139 Å². The Balaban J connectivity index is 2.14. The van der Waals surface area contributed by atoms with E-state index in [1.807, 2.05) is 0 Å². The molecule has 2 aromatic heterocycles. The molecule has 1 saturated heterocycles. The van der Waals surface area contributed by atoms with Gasteiger partial charge < -0.3 is 20.7 Å². The van der Waals surface area contributed by atoms with Crippen molar-refractivity contribution in [3.63, 3.8) is 0 Å². The maximum absolute atomic E-state index is 13.0. The number of H-pyrrole nitrogens is 1. The van der Waals surface area contributed by atoms with Crippen molar-refractivity contribution in [1.29, 1.82) is 0 Å². The molecule has 0 radical (unpaired) electrons. The molecule has 1 fully saturated rings. The van der Waals surface area contributed by atoms with Gasteiger partial charge in [0.1, 0.15) is 18.5 Å². The van der Waals surface area contributed by atoms with Crippen LogP contribution in [0.4, 0.5) is 10.3 Å². The van der Waals surface area contributed by atoms with Gasteiger partial charge in [-0.25, -0.2) is 4.98 Å². The van der Waals surface area contributed by atoms with Crippen molar-refractivity contribution in [1.82, 2.24) is 19.5 Å². The normalized spacial score (nSPS) is 27.9. The second kappa shape index (κ2) is 4.69. The number of imidazole rings is 1. The first-order valence-electron chi connectivity index (χ1n) is 5.70. The number of aromatic nitrogens is 4. The molecule has 0 aliphatic carbocycles. The predicted molar refractivity (Wildman–Crippen MR) is 68.7 cm³/mol. The second-order valence-corrected chi connectivity index (χ2v) is 4.68. The Morgan fingerprint density at radius 3 is 2.90 bits per heavy atom. The zero-order chi connectivity index (χ0) is 15.3. The first-order valence-corrected chi connectivity index (χ1v) is 6.08. The summed E-state index contributed by atoms with van der Waals surface area (Å²) in [6.07, 6.45) is -3.27. The Bertz CT molecular complexity index is 798. The lowest BCUT2D eigenvalue weighted by Crippen LogP contribution is -2.28. The number of hydrogen-bond acceptors (Lipinski definition) is 7. The number of hydrogen-bond donors (Lipinski definition) is 4. The number of aliphatic hydroxyl groups is 2. The summed E-state index contributed by atoms with van der Waals surface area (Å²) < 4.78 is 19.3. The van der Waals surface area contributed by atoms with Gasteiger partial charge in [0, 0.05) is 0 Å². The molecule has 5 N–H and O–H groups in total. The second-order valence-electron chi connectivity index (χ2n) is 4.34. The largest absolute Gasteiger partial charge is 0.465 e. The van der Waals surface area contributed by atoms with Crippen LogP contribution >= 0.6 is 11.6 Å². The monoisotopic (exact) mass is 317 g/mol. The molecule has 0 saturated carbocycles. The Hall–Kier alpha value is -2.17. The number of nitrogen functional groups attached to an aromatic ring is 1. The highest BCUT2D eigenvalue weighted by molar-refractivity contribution is 6.28. The quantitative estimate of drug-likeness (QED) is 0.547. The van der Waals surface area contributed by atoms with Crippen LogP contribution in [0.1, 0.15) is 6.23 Å². The lowest BCUT2D eigenvalue weighted by molar-refractivity contribution is -0.0120. The van der Waals surface area contributed by atoms with Gasteiger partial charge in [-0.3, -0.25) is 14.3 Å². The van der Waals surface area contributed by atoms with Crippen LogP contribution in [-0.2, 0) is 4.74 Å². The summed E-state index contributed by atoms with van der Waals surface area (Å²) in [5.74, 6) is -0.768. The fourth-order valence-corrected chi connectivity index (χ4v) is 2.24. The van der Waals surface area contributed by atoms with Crippen LogP contribution in [0.15, 0.2) is 22.2 Å². The van der Waals surface area contributed by atoms with Gasteiger partial charge >= 0.3 is 0 Å². The smallest absolute Gasteiger partial charge is 0.280 e. The number of halogens is 2. The van der Waals surface area contributed by atoms with Crippen LogP contribution in [0.3, 0.4) is 0 Å². The summed E-state index contributed by atoms with van der Waals surface area (Å²) in [5, 5.41) is 18.3. The summed E-state index contributed by atoms with van der Waals surface area (Å²) >= 11 is 5.14.